The molecule has 1 N–H and O–H groups in total. The molecule has 2 saturated heterocycles. The lowest BCUT2D eigenvalue weighted by molar-refractivity contribution is -0.0199. The van der Waals surface area contributed by atoms with E-state index in [9.17, 15) is 37.5 Å². The Bertz CT molecular complexity index is 3830. The van der Waals surface area contributed by atoms with Gasteiger partial charge in [-0.25, -0.2) is 27.2 Å². The van der Waals surface area contributed by atoms with E-state index in [-0.39, 0.29) is 98.4 Å². The average Bonchev–Trinajstić information content (AvgIpc) is 1.56. The van der Waals surface area contributed by atoms with Gasteiger partial charge in [-0.15, -0.1) is 23.5 Å². The third-order valence-electron chi connectivity index (χ3n) is 16.3. The molecular weight excluding hydrogens is 1200 g/mol. The van der Waals surface area contributed by atoms with Crippen molar-refractivity contribution in [1.29, 1.82) is 0 Å². The van der Waals surface area contributed by atoms with Crippen LogP contribution in [-0.4, -0.2) is 135 Å². The number of benzene rings is 4. The highest BCUT2D eigenvalue weighted by Gasteiger charge is 2.49. The highest BCUT2D eigenvalue weighted by Crippen LogP contribution is 2.48. The summed E-state index contributed by atoms with van der Waals surface area (Å²) in [5, 5.41) is 12.5. The van der Waals surface area contributed by atoms with Gasteiger partial charge in [-0.2, -0.15) is 0 Å². The van der Waals surface area contributed by atoms with Crippen molar-refractivity contribution in [2.75, 3.05) is 76.0 Å². The normalized spacial score (nSPS) is 19.4. The summed E-state index contributed by atoms with van der Waals surface area (Å²) in [5.41, 5.74) is 1.04. The number of amides is 2. The molecule has 87 heavy (non-hydrogen) atoms. The van der Waals surface area contributed by atoms with Gasteiger partial charge in [0, 0.05) is 70.0 Å². The monoisotopic (exact) mass is 1260 g/mol. The SMILES string of the molecule is CC(C)(C)[Si](C)(C)OCCOC(=O)Oc1c2n(ccc1=O)N([C@@H]1c3ccccc3SCc3c1ccc(F)c3F)[C@@H]1COCCN1C2=O.O=C(OCCO)Oc1c2n(ccc1=O)N([C@@H]1c3ccccc3SCc3c1ccc(F)c3F)[C@@H]1COCCN1C2=O. The number of hydrogen-bond donors (Lipinski definition) is 1. The number of nitrogens with zero attached hydrogens (tertiary/aromatic N) is 6. The molecule has 0 unspecified atom stereocenters. The second-order valence-corrected chi connectivity index (χ2v) is 29.2. The molecule has 6 aromatic rings. The van der Waals surface area contributed by atoms with Crippen molar-refractivity contribution in [1.82, 2.24) is 19.2 Å². The lowest BCUT2D eigenvalue weighted by atomic mass is 9.93. The Morgan fingerprint density at radius 1 is 0.609 bits per heavy atom. The summed E-state index contributed by atoms with van der Waals surface area (Å²) < 4.78 is 101. The Balaban J connectivity index is 0.000000182. The van der Waals surface area contributed by atoms with Crippen LogP contribution in [0, 0.1) is 23.3 Å². The summed E-state index contributed by atoms with van der Waals surface area (Å²) in [5.74, 6) is -5.64. The maximum Gasteiger partial charge on any atom is 0.514 e. The topological polar surface area (TPSA) is 210 Å². The van der Waals surface area contributed by atoms with Crippen LogP contribution in [-0.2, 0) is 34.9 Å². The van der Waals surface area contributed by atoms with E-state index in [2.05, 4.69) is 33.9 Å². The number of hydrogen-bond acceptors (Lipinski definition) is 18. The minimum absolute atomic E-state index is 0.0358. The predicted octanol–water partition coefficient (Wildman–Crippen LogP) is 8.59. The Morgan fingerprint density at radius 3 is 1.48 bits per heavy atom. The summed E-state index contributed by atoms with van der Waals surface area (Å²) in [7, 11) is -2.09. The first-order valence-corrected chi connectivity index (χ1v) is 32.8. The van der Waals surface area contributed by atoms with Gasteiger partial charge in [0.15, 0.2) is 43.0 Å². The number of ether oxygens (including phenoxy) is 6. The minimum atomic E-state index is -2.09. The largest absolute Gasteiger partial charge is 0.514 e. The lowest BCUT2D eigenvalue weighted by Gasteiger charge is -2.51. The van der Waals surface area contributed by atoms with Crippen molar-refractivity contribution in [3.8, 4) is 11.5 Å². The van der Waals surface area contributed by atoms with Gasteiger partial charge in [-0.3, -0.25) is 38.5 Å². The average molecular weight is 1260 g/mol. The molecule has 2 fully saturated rings. The van der Waals surface area contributed by atoms with Crippen molar-refractivity contribution in [2.24, 2.45) is 0 Å². The van der Waals surface area contributed by atoms with Gasteiger partial charge in [0.1, 0.15) is 25.5 Å². The van der Waals surface area contributed by atoms with E-state index in [0.717, 1.165) is 39.1 Å². The standard InChI is InChI=1S/C33H37F2N3O7SSi.C27H23F2N3O7S/c1-33(2,3)47(4,5)44-17-16-43-32(41)45-30-24(39)12-13-37-29(30)31(40)36-14-15-42-18-26(36)38(37)28-20-10-11-23(34)27(35)22(20)19-46-25-9-7-6-8-21(25)28;28-18-6-5-15-17(22(18)29)14-40-20-4-2-1-3-16(20)23(15)32-21-13-37-11-9-30(21)26(35)24-25(19(34)7-8-31(24)32)39-27(36)38-12-10-33/h6-13,26,28H,14-19H2,1-5H3;1-8,21,23,33H,9-14H2/t26-,28+;21-,23+/m11/s1. The van der Waals surface area contributed by atoms with E-state index in [0.29, 0.717) is 11.1 Å². The van der Waals surface area contributed by atoms with Gasteiger partial charge in [0.25, 0.3) is 11.8 Å². The molecule has 0 radical (unpaired) electrons. The second kappa shape index (κ2) is 24.8. The van der Waals surface area contributed by atoms with E-state index in [4.69, 9.17) is 38.0 Å². The number of aromatic nitrogens is 2. The van der Waals surface area contributed by atoms with Crippen LogP contribution in [0.1, 0.15) is 87.2 Å². The van der Waals surface area contributed by atoms with Crippen molar-refractivity contribution in [3.05, 3.63) is 186 Å². The number of aliphatic hydroxyl groups is 1. The fourth-order valence-corrected chi connectivity index (χ4v) is 14.4. The number of morpholine rings is 2. The summed E-state index contributed by atoms with van der Waals surface area (Å²) in [4.78, 5) is 84.0. The number of carbonyl (C=O) groups excluding carboxylic acids is 4. The van der Waals surface area contributed by atoms with Crippen LogP contribution in [0.2, 0.25) is 18.1 Å². The highest BCUT2D eigenvalue weighted by atomic mass is 32.2. The van der Waals surface area contributed by atoms with E-state index < -0.39 is 109 Å². The highest BCUT2D eigenvalue weighted by molar-refractivity contribution is 7.98. The third-order valence-corrected chi connectivity index (χ3v) is 23.1. The van der Waals surface area contributed by atoms with Crippen molar-refractivity contribution in [2.45, 2.75) is 84.6 Å². The quantitative estimate of drug-likeness (QED) is 0.0589. The first kappa shape index (κ1) is 61.0. The number of thioether (sulfide) groups is 2. The zero-order chi connectivity index (χ0) is 61.6. The number of fused-ring (bicyclic) bond motifs is 8. The maximum absolute atomic E-state index is 15.4. The molecule has 20 nitrogen and oxygen atoms in total. The molecule has 2 aromatic heterocycles. The Labute approximate surface area is 505 Å². The van der Waals surface area contributed by atoms with Gasteiger partial charge < -0.3 is 47.8 Å². The zero-order valence-corrected chi connectivity index (χ0v) is 50.4. The van der Waals surface area contributed by atoms with E-state index in [1.54, 1.807) is 16.0 Å². The smallest absolute Gasteiger partial charge is 0.432 e. The van der Waals surface area contributed by atoms with Gasteiger partial charge in [0.2, 0.25) is 22.4 Å². The van der Waals surface area contributed by atoms with Crippen LogP contribution in [0.5, 0.6) is 11.5 Å². The van der Waals surface area contributed by atoms with E-state index >= 15 is 8.78 Å². The molecule has 6 aliphatic heterocycles. The third kappa shape index (κ3) is 11.5. The number of pyridine rings is 2. The first-order chi connectivity index (χ1) is 41.7. The minimum Gasteiger partial charge on any atom is -0.432 e. The Kier molecular flexibility index (Phi) is 17.4. The van der Waals surface area contributed by atoms with Crippen LogP contribution in [0.3, 0.4) is 0 Å². The zero-order valence-electron chi connectivity index (χ0n) is 47.8. The van der Waals surface area contributed by atoms with Gasteiger partial charge in [-0.05, 0) is 64.7 Å². The predicted molar refractivity (Wildman–Crippen MR) is 312 cm³/mol. The number of carbonyl (C=O) groups is 4. The van der Waals surface area contributed by atoms with Crippen LogP contribution < -0.4 is 30.3 Å². The van der Waals surface area contributed by atoms with Crippen molar-refractivity contribution >= 4 is 56.0 Å². The number of rotatable bonds is 10. The van der Waals surface area contributed by atoms with Crippen LogP contribution in [0.15, 0.2) is 117 Å². The van der Waals surface area contributed by atoms with Gasteiger partial charge in [-0.1, -0.05) is 69.3 Å². The lowest BCUT2D eigenvalue weighted by Crippen LogP contribution is -2.66. The van der Waals surface area contributed by atoms with Gasteiger partial charge in [0.05, 0.1) is 51.7 Å². The Morgan fingerprint density at radius 2 is 1.05 bits per heavy atom. The second-order valence-electron chi connectivity index (χ2n) is 22.3. The molecule has 4 atom stereocenters. The molecule has 0 bridgehead atoms. The summed E-state index contributed by atoms with van der Waals surface area (Å²) in [6.07, 6.45) is -1.01. The van der Waals surface area contributed by atoms with Crippen molar-refractivity contribution < 1.29 is 74.7 Å². The van der Waals surface area contributed by atoms with E-state index in [1.165, 1.54) is 62.3 Å². The van der Waals surface area contributed by atoms with Crippen LogP contribution >= 0.6 is 23.5 Å². The summed E-state index contributed by atoms with van der Waals surface area (Å²) in [6, 6.07) is 21.0. The Hall–Kier alpha value is -7.66. The molecule has 12 rings (SSSR count). The number of halogens is 4. The fraction of sp³-hybridized carbons (Fsp3) is 0.367. The summed E-state index contributed by atoms with van der Waals surface area (Å²) in [6.45, 7) is 10.7. The van der Waals surface area contributed by atoms with Crippen LogP contribution in [0.4, 0.5) is 27.2 Å². The van der Waals surface area contributed by atoms with Crippen LogP contribution in [0.25, 0.3) is 0 Å². The molecule has 4 aromatic carbocycles. The molecule has 0 aliphatic carbocycles. The maximum atomic E-state index is 15.4. The molecule has 6 aliphatic rings. The molecule has 8 heterocycles. The molecule has 27 heteroatoms. The molecular formula is C60H60F4N6O14S2Si. The summed E-state index contributed by atoms with van der Waals surface area (Å²) >= 11 is 2.75. The molecule has 0 spiro atoms. The molecule has 458 valence electrons. The number of aliphatic hydroxyl groups excluding tert-OH is 1. The molecule has 2 amide bonds. The first-order valence-electron chi connectivity index (χ1n) is 27.9. The van der Waals surface area contributed by atoms with E-state index in [1.807, 2.05) is 53.5 Å². The van der Waals surface area contributed by atoms with Gasteiger partial charge >= 0.3 is 12.3 Å². The molecule has 0 saturated carbocycles. The fourth-order valence-electron chi connectivity index (χ4n) is 11.1. The van der Waals surface area contributed by atoms with Crippen molar-refractivity contribution in [3.63, 3.8) is 0 Å².